The summed E-state index contributed by atoms with van der Waals surface area (Å²) >= 11 is 0. The number of benzene rings is 2. The van der Waals surface area contributed by atoms with E-state index < -0.39 is 0 Å². The largest absolute Gasteiger partial charge is 0.362 e. The number of fused-ring (bicyclic) bond motifs is 1. The lowest BCUT2D eigenvalue weighted by atomic mass is 10.0. The van der Waals surface area contributed by atoms with Gasteiger partial charge >= 0.3 is 0 Å². The van der Waals surface area contributed by atoms with Gasteiger partial charge in [0, 0.05) is 20.2 Å². The van der Waals surface area contributed by atoms with Crippen LogP contribution >= 0.6 is 0 Å². The van der Waals surface area contributed by atoms with Crippen LogP contribution in [0.3, 0.4) is 0 Å². The van der Waals surface area contributed by atoms with E-state index in [1.165, 1.54) is 23.1 Å². The first-order valence-corrected chi connectivity index (χ1v) is 7.27. The molecule has 1 unspecified atom stereocenters. The van der Waals surface area contributed by atoms with Gasteiger partial charge < -0.3 is 4.74 Å². The normalized spacial score (nSPS) is 17.2. The Morgan fingerprint density at radius 3 is 2.40 bits per heavy atom. The molecule has 0 amide bonds. The maximum Gasteiger partial charge on any atom is 0.136 e. The third-order valence-corrected chi connectivity index (χ3v) is 4.02. The van der Waals surface area contributed by atoms with Crippen LogP contribution in [0.5, 0.6) is 0 Å². The summed E-state index contributed by atoms with van der Waals surface area (Å²) in [6.07, 6.45) is 2.39. The quantitative estimate of drug-likeness (QED) is 0.839. The number of nitrogens with zero attached hydrogens (tertiary/aromatic N) is 1. The summed E-state index contributed by atoms with van der Waals surface area (Å²) in [5.74, 6) is 0. The van der Waals surface area contributed by atoms with Crippen molar-refractivity contribution in [3.63, 3.8) is 0 Å². The molecule has 1 atom stereocenters. The number of hydrogen-bond donors (Lipinski definition) is 0. The number of methoxy groups -OCH3 is 1. The van der Waals surface area contributed by atoms with Gasteiger partial charge in [-0.05, 0) is 29.5 Å². The van der Waals surface area contributed by atoms with E-state index in [0.717, 1.165) is 19.5 Å². The van der Waals surface area contributed by atoms with Crippen molar-refractivity contribution in [2.24, 2.45) is 0 Å². The minimum atomic E-state index is 0.0438. The summed E-state index contributed by atoms with van der Waals surface area (Å²) < 4.78 is 5.77. The van der Waals surface area contributed by atoms with Crippen LogP contribution in [0.1, 0.15) is 29.3 Å². The van der Waals surface area contributed by atoms with Gasteiger partial charge in [0.1, 0.15) is 6.23 Å². The molecule has 0 fully saturated rings. The minimum absolute atomic E-state index is 0.0438. The average molecular weight is 267 g/mol. The van der Waals surface area contributed by atoms with Gasteiger partial charge in [-0.3, -0.25) is 4.90 Å². The molecular weight excluding hydrogens is 246 g/mol. The topological polar surface area (TPSA) is 12.5 Å². The number of aryl methyl sites for hydroxylation is 1. The molecule has 1 aliphatic rings. The molecule has 2 nitrogen and oxygen atoms in total. The third kappa shape index (κ3) is 2.77. The second-order valence-corrected chi connectivity index (χ2v) is 5.34. The van der Waals surface area contributed by atoms with E-state index in [1.807, 2.05) is 6.07 Å². The summed E-state index contributed by atoms with van der Waals surface area (Å²) in [7, 11) is 1.80. The van der Waals surface area contributed by atoms with Crippen molar-refractivity contribution in [2.75, 3.05) is 13.7 Å². The third-order valence-electron chi connectivity index (χ3n) is 4.02. The van der Waals surface area contributed by atoms with E-state index in [4.69, 9.17) is 4.74 Å². The summed E-state index contributed by atoms with van der Waals surface area (Å²) in [4.78, 5) is 2.43. The lowest BCUT2D eigenvalue weighted by Gasteiger charge is -2.30. The predicted octanol–water partition coefficient (Wildman–Crippen LogP) is 3.78. The van der Waals surface area contributed by atoms with E-state index in [1.54, 1.807) is 7.11 Å². The Morgan fingerprint density at radius 2 is 1.65 bits per heavy atom. The highest BCUT2D eigenvalue weighted by Gasteiger charge is 2.22. The zero-order valence-corrected chi connectivity index (χ0v) is 12.0. The van der Waals surface area contributed by atoms with Gasteiger partial charge in [0.2, 0.25) is 0 Å². The Balaban J connectivity index is 1.86. The highest BCUT2D eigenvalue weighted by molar-refractivity contribution is 5.28. The molecule has 0 saturated heterocycles. The van der Waals surface area contributed by atoms with Crippen molar-refractivity contribution in [3.05, 3.63) is 71.3 Å². The first kappa shape index (κ1) is 13.3. The first-order valence-electron chi connectivity index (χ1n) is 7.27. The van der Waals surface area contributed by atoms with Crippen LogP contribution in [0.2, 0.25) is 0 Å². The molecule has 0 radical (unpaired) electrons. The van der Waals surface area contributed by atoms with E-state index in [2.05, 4.69) is 53.4 Å². The monoisotopic (exact) mass is 267 g/mol. The highest BCUT2D eigenvalue weighted by Crippen LogP contribution is 2.27. The van der Waals surface area contributed by atoms with Crippen molar-refractivity contribution in [3.8, 4) is 0 Å². The second-order valence-electron chi connectivity index (χ2n) is 5.34. The number of ether oxygens (including phenoxy) is 1. The molecule has 0 N–H and O–H groups in total. The summed E-state index contributed by atoms with van der Waals surface area (Å²) in [6.45, 7) is 2.03. The molecular formula is C18H21NO. The van der Waals surface area contributed by atoms with Gasteiger partial charge in [-0.15, -0.1) is 0 Å². The van der Waals surface area contributed by atoms with Crippen molar-refractivity contribution < 1.29 is 4.74 Å². The van der Waals surface area contributed by atoms with Gasteiger partial charge in [-0.1, -0.05) is 54.6 Å². The Morgan fingerprint density at radius 1 is 0.950 bits per heavy atom. The van der Waals surface area contributed by atoms with Gasteiger partial charge in [0.05, 0.1) is 0 Å². The van der Waals surface area contributed by atoms with Crippen molar-refractivity contribution in [1.29, 1.82) is 0 Å². The second kappa shape index (κ2) is 6.21. The molecule has 2 aromatic rings. The Hall–Kier alpha value is -1.64. The fourth-order valence-electron chi connectivity index (χ4n) is 3.04. The molecule has 104 valence electrons. The molecule has 2 aromatic carbocycles. The van der Waals surface area contributed by atoms with Crippen LogP contribution in [-0.4, -0.2) is 18.6 Å². The zero-order chi connectivity index (χ0) is 13.8. The van der Waals surface area contributed by atoms with Crippen LogP contribution in [0, 0.1) is 0 Å². The Bertz CT molecular complexity index is 552. The fourth-order valence-corrected chi connectivity index (χ4v) is 3.04. The number of hydrogen-bond acceptors (Lipinski definition) is 2. The summed E-state index contributed by atoms with van der Waals surface area (Å²) in [5, 5.41) is 0. The molecule has 0 saturated carbocycles. The smallest absolute Gasteiger partial charge is 0.136 e. The molecule has 20 heavy (non-hydrogen) atoms. The van der Waals surface area contributed by atoms with Crippen molar-refractivity contribution in [2.45, 2.75) is 25.6 Å². The Labute approximate surface area is 121 Å². The minimum Gasteiger partial charge on any atom is -0.362 e. The molecule has 1 aliphatic heterocycles. The van der Waals surface area contributed by atoms with Crippen molar-refractivity contribution >= 4 is 0 Å². The van der Waals surface area contributed by atoms with Gasteiger partial charge in [0.15, 0.2) is 0 Å². The molecule has 0 aromatic heterocycles. The van der Waals surface area contributed by atoms with E-state index >= 15 is 0 Å². The van der Waals surface area contributed by atoms with Crippen LogP contribution in [0.25, 0.3) is 0 Å². The zero-order valence-electron chi connectivity index (χ0n) is 12.0. The maximum atomic E-state index is 5.77. The van der Waals surface area contributed by atoms with Crippen LogP contribution in [0.15, 0.2) is 54.6 Å². The van der Waals surface area contributed by atoms with Crippen LogP contribution in [0.4, 0.5) is 0 Å². The lowest BCUT2D eigenvalue weighted by molar-refractivity contribution is -0.0393. The molecule has 0 aliphatic carbocycles. The summed E-state index contributed by atoms with van der Waals surface area (Å²) in [5.41, 5.74) is 4.15. The molecule has 3 rings (SSSR count). The first-order chi connectivity index (χ1) is 9.88. The predicted molar refractivity (Wildman–Crippen MR) is 81.4 cm³/mol. The van der Waals surface area contributed by atoms with Gasteiger partial charge in [0.25, 0.3) is 0 Å². The standard InChI is InChI=1S/C18H21NO/c1-20-18(16-9-3-2-4-10-16)19-13-7-12-15-8-5-6-11-17(15)14-19/h2-6,8-11,18H,7,12-14H2,1H3. The maximum absolute atomic E-state index is 5.77. The summed E-state index contributed by atoms with van der Waals surface area (Å²) in [6, 6.07) is 19.3. The van der Waals surface area contributed by atoms with Crippen LogP contribution < -0.4 is 0 Å². The lowest BCUT2D eigenvalue weighted by Crippen LogP contribution is -2.29. The molecule has 2 heteroatoms. The van der Waals surface area contributed by atoms with Crippen molar-refractivity contribution in [1.82, 2.24) is 4.90 Å². The van der Waals surface area contributed by atoms with E-state index in [-0.39, 0.29) is 6.23 Å². The Kier molecular flexibility index (Phi) is 4.14. The molecule has 0 spiro atoms. The van der Waals surface area contributed by atoms with E-state index in [0.29, 0.717) is 0 Å². The van der Waals surface area contributed by atoms with E-state index in [9.17, 15) is 0 Å². The molecule has 1 heterocycles. The fraction of sp³-hybridized carbons (Fsp3) is 0.333. The number of rotatable bonds is 3. The average Bonchev–Trinajstić information content (AvgIpc) is 2.71. The molecule has 0 bridgehead atoms. The van der Waals surface area contributed by atoms with Gasteiger partial charge in [-0.25, -0.2) is 0 Å². The highest BCUT2D eigenvalue weighted by atomic mass is 16.5. The SMILES string of the molecule is COC(c1ccccc1)N1CCCc2ccccc2C1. The van der Waals surface area contributed by atoms with Gasteiger partial charge in [-0.2, -0.15) is 0 Å². The van der Waals surface area contributed by atoms with Crippen LogP contribution in [-0.2, 0) is 17.7 Å².